The van der Waals surface area contributed by atoms with Crippen LogP contribution in [0, 0.1) is 0 Å². The Morgan fingerprint density at radius 2 is 1.96 bits per heavy atom. The summed E-state index contributed by atoms with van der Waals surface area (Å²) in [5.41, 5.74) is 1.05. The van der Waals surface area contributed by atoms with Crippen LogP contribution in [0.15, 0.2) is 24.3 Å². The Labute approximate surface area is 140 Å². The van der Waals surface area contributed by atoms with Crippen molar-refractivity contribution in [2.24, 2.45) is 0 Å². The van der Waals surface area contributed by atoms with Gasteiger partial charge in [0.1, 0.15) is 11.9 Å². The standard InChI is InChI=1S/C17H23NO6/c1-22-13-5-3-12(4-6-13)11-23-10-2-9-18-16(19)14-7-8-15(24-14)17(20)21/h3-6,14-15H,2,7-11H2,1H3,(H,18,19)(H,20,21)/t14-,15+/m0/s1. The van der Waals surface area contributed by atoms with E-state index in [1.54, 1.807) is 7.11 Å². The number of methoxy groups -OCH3 is 1. The van der Waals surface area contributed by atoms with Crippen LogP contribution in [0.2, 0.25) is 0 Å². The van der Waals surface area contributed by atoms with Crippen molar-refractivity contribution >= 4 is 11.9 Å². The van der Waals surface area contributed by atoms with Crippen LogP contribution >= 0.6 is 0 Å². The molecule has 0 aromatic heterocycles. The summed E-state index contributed by atoms with van der Waals surface area (Å²) in [7, 11) is 1.62. The van der Waals surface area contributed by atoms with Crippen LogP contribution in [0.3, 0.4) is 0 Å². The summed E-state index contributed by atoms with van der Waals surface area (Å²) in [4.78, 5) is 22.6. The third-order valence-electron chi connectivity index (χ3n) is 3.78. The van der Waals surface area contributed by atoms with Gasteiger partial charge in [0.2, 0.25) is 5.91 Å². The highest BCUT2D eigenvalue weighted by Gasteiger charge is 2.34. The molecule has 0 aliphatic carbocycles. The minimum atomic E-state index is -1.02. The Morgan fingerprint density at radius 3 is 2.58 bits per heavy atom. The fourth-order valence-corrected chi connectivity index (χ4v) is 2.42. The van der Waals surface area contributed by atoms with E-state index in [1.165, 1.54) is 0 Å². The van der Waals surface area contributed by atoms with Crippen LogP contribution in [0.5, 0.6) is 5.75 Å². The van der Waals surface area contributed by atoms with Crippen LogP contribution in [0.25, 0.3) is 0 Å². The number of carboxylic acids is 1. The molecule has 1 aliphatic rings. The molecule has 1 heterocycles. The summed E-state index contributed by atoms with van der Waals surface area (Å²) in [6.45, 7) is 1.50. The van der Waals surface area contributed by atoms with E-state index < -0.39 is 18.2 Å². The van der Waals surface area contributed by atoms with Gasteiger partial charge >= 0.3 is 5.97 Å². The minimum Gasteiger partial charge on any atom is -0.497 e. The number of carbonyl (C=O) groups excluding carboxylic acids is 1. The number of carboxylic acid groups (broad SMARTS) is 1. The van der Waals surface area contributed by atoms with Gasteiger partial charge in [-0.3, -0.25) is 4.79 Å². The van der Waals surface area contributed by atoms with Crippen LogP contribution in [0.1, 0.15) is 24.8 Å². The molecule has 1 aliphatic heterocycles. The molecule has 2 N–H and O–H groups in total. The summed E-state index contributed by atoms with van der Waals surface area (Å²) in [6, 6.07) is 7.64. The fraction of sp³-hybridized carbons (Fsp3) is 0.529. The van der Waals surface area contributed by atoms with Crippen molar-refractivity contribution in [3.8, 4) is 5.75 Å². The van der Waals surface area contributed by atoms with Gasteiger partial charge in [-0.1, -0.05) is 12.1 Å². The predicted octanol–water partition coefficient (Wildman–Crippen LogP) is 1.35. The molecule has 1 fully saturated rings. The highest BCUT2D eigenvalue weighted by Crippen LogP contribution is 2.19. The zero-order valence-electron chi connectivity index (χ0n) is 13.7. The first-order valence-corrected chi connectivity index (χ1v) is 7.97. The Morgan fingerprint density at radius 1 is 1.25 bits per heavy atom. The molecular formula is C17H23NO6. The lowest BCUT2D eigenvalue weighted by Crippen LogP contribution is -2.36. The maximum atomic E-state index is 11.8. The summed E-state index contributed by atoms with van der Waals surface area (Å²) < 4.78 is 15.8. The zero-order valence-corrected chi connectivity index (χ0v) is 13.7. The Kier molecular flexibility index (Phi) is 7.02. The first-order chi connectivity index (χ1) is 11.6. The van der Waals surface area contributed by atoms with Crippen LogP contribution in [-0.4, -0.2) is 49.5 Å². The van der Waals surface area contributed by atoms with Crippen LogP contribution in [0.4, 0.5) is 0 Å². The average molecular weight is 337 g/mol. The lowest BCUT2D eigenvalue weighted by atomic mass is 10.2. The van der Waals surface area contributed by atoms with Crippen LogP contribution in [-0.2, 0) is 25.7 Å². The SMILES string of the molecule is COc1ccc(COCCCNC(=O)[C@@H]2CC[C@H](C(=O)O)O2)cc1. The fourth-order valence-electron chi connectivity index (χ4n) is 2.42. The molecule has 0 saturated carbocycles. The Bertz CT molecular complexity index is 545. The molecule has 1 amide bonds. The summed E-state index contributed by atoms with van der Waals surface area (Å²) in [5, 5.41) is 11.6. The minimum absolute atomic E-state index is 0.256. The molecule has 2 rings (SSSR count). The first kappa shape index (κ1) is 18.2. The Hall–Kier alpha value is -2.12. The topological polar surface area (TPSA) is 94.1 Å². The number of hydrogen-bond acceptors (Lipinski definition) is 5. The third kappa shape index (κ3) is 5.50. The molecule has 1 aromatic carbocycles. The van der Waals surface area contributed by atoms with Gasteiger partial charge in [0, 0.05) is 13.2 Å². The number of carbonyl (C=O) groups is 2. The molecule has 0 spiro atoms. The van der Waals surface area contributed by atoms with Crippen molar-refractivity contribution in [2.75, 3.05) is 20.3 Å². The van der Waals surface area contributed by atoms with E-state index in [1.807, 2.05) is 24.3 Å². The second-order valence-electron chi connectivity index (χ2n) is 5.57. The largest absolute Gasteiger partial charge is 0.497 e. The monoisotopic (exact) mass is 337 g/mol. The van der Waals surface area contributed by atoms with Gasteiger partial charge in [-0.25, -0.2) is 4.79 Å². The summed E-state index contributed by atoms with van der Waals surface area (Å²) in [5.74, 6) is -0.466. The van der Waals surface area contributed by atoms with Gasteiger partial charge in [0.05, 0.1) is 13.7 Å². The normalized spacial score (nSPS) is 19.9. The lowest BCUT2D eigenvalue weighted by Gasteiger charge is -2.12. The van der Waals surface area contributed by atoms with Crippen molar-refractivity contribution in [1.82, 2.24) is 5.32 Å². The predicted molar refractivity (Wildman–Crippen MR) is 85.8 cm³/mol. The molecule has 1 aromatic rings. The van der Waals surface area contributed by atoms with Gasteiger partial charge < -0.3 is 24.6 Å². The average Bonchev–Trinajstić information content (AvgIpc) is 3.09. The molecule has 0 unspecified atom stereocenters. The van der Waals surface area contributed by atoms with Gasteiger partial charge in [-0.05, 0) is 37.0 Å². The van der Waals surface area contributed by atoms with E-state index in [0.29, 0.717) is 39.0 Å². The van der Waals surface area contributed by atoms with E-state index in [9.17, 15) is 9.59 Å². The van der Waals surface area contributed by atoms with Gasteiger partial charge in [0.15, 0.2) is 6.10 Å². The number of rotatable bonds is 9. The molecule has 7 heteroatoms. The van der Waals surface area contributed by atoms with Crippen molar-refractivity contribution in [3.05, 3.63) is 29.8 Å². The highest BCUT2D eigenvalue weighted by atomic mass is 16.5. The summed E-state index contributed by atoms with van der Waals surface area (Å²) >= 11 is 0. The van der Waals surface area contributed by atoms with Crippen LogP contribution < -0.4 is 10.1 Å². The Balaban J connectivity index is 1.54. The maximum absolute atomic E-state index is 11.8. The lowest BCUT2D eigenvalue weighted by molar-refractivity contribution is -0.151. The molecule has 2 atom stereocenters. The van der Waals surface area contributed by atoms with E-state index in [2.05, 4.69) is 5.32 Å². The van der Waals surface area contributed by atoms with Crippen molar-refractivity contribution in [1.29, 1.82) is 0 Å². The molecule has 0 bridgehead atoms. The number of ether oxygens (including phenoxy) is 3. The molecule has 24 heavy (non-hydrogen) atoms. The molecule has 0 radical (unpaired) electrons. The number of amides is 1. The van der Waals surface area contributed by atoms with Crippen molar-refractivity contribution < 1.29 is 28.9 Å². The number of nitrogens with one attached hydrogen (secondary N) is 1. The van der Waals surface area contributed by atoms with Crippen molar-refractivity contribution in [2.45, 2.75) is 38.1 Å². The van der Waals surface area contributed by atoms with E-state index in [4.69, 9.17) is 19.3 Å². The molecule has 7 nitrogen and oxygen atoms in total. The second-order valence-corrected chi connectivity index (χ2v) is 5.57. The van der Waals surface area contributed by atoms with E-state index >= 15 is 0 Å². The maximum Gasteiger partial charge on any atom is 0.332 e. The first-order valence-electron chi connectivity index (χ1n) is 7.97. The number of benzene rings is 1. The number of aliphatic carboxylic acids is 1. The smallest absolute Gasteiger partial charge is 0.332 e. The second kappa shape index (κ2) is 9.24. The van der Waals surface area contributed by atoms with Gasteiger partial charge in [-0.15, -0.1) is 0 Å². The summed E-state index contributed by atoms with van der Waals surface area (Å²) in [6.07, 6.45) is -0.0357. The zero-order chi connectivity index (χ0) is 17.4. The quantitative estimate of drug-likeness (QED) is 0.661. The highest BCUT2D eigenvalue weighted by molar-refractivity contribution is 5.82. The molecular weight excluding hydrogens is 314 g/mol. The third-order valence-corrected chi connectivity index (χ3v) is 3.78. The van der Waals surface area contributed by atoms with E-state index in [0.717, 1.165) is 11.3 Å². The van der Waals surface area contributed by atoms with Gasteiger partial charge in [0.25, 0.3) is 0 Å². The van der Waals surface area contributed by atoms with Crippen molar-refractivity contribution in [3.63, 3.8) is 0 Å². The van der Waals surface area contributed by atoms with E-state index in [-0.39, 0.29) is 5.91 Å². The number of hydrogen-bond donors (Lipinski definition) is 2. The molecule has 132 valence electrons. The van der Waals surface area contributed by atoms with Gasteiger partial charge in [-0.2, -0.15) is 0 Å². The molecule has 1 saturated heterocycles.